The van der Waals surface area contributed by atoms with E-state index >= 15 is 0 Å². The van der Waals surface area contributed by atoms with Crippen molar-refractivity contribution in [3.8, 4) is 11.3 Å². The van der Waals surface area contributed by atoms with Crippen molar-refractivity contribution in [2.75, 3.05) is 0 Å². The van der Waals surface area contributed by atoms with Gasteiger partial charge in [-0.25, -0.2) is 0 Å². The Hall–Kier alpha value is -1.13. The second-order valence-corrected chi connectivity index (χ2v) is 7.01. The van der Waals surface area contributed by atoms with Crippen LogP contribution >= 0.6 is 15.9 Å². The van der Waals surface area contributed by atoms with Crippen molar-refractivity contribution in [2.45, 2.75) is 39.7 Å². The molecule has 0 atom stereocenters. The maximum absolute atomic E-state index is 5.79. The average Bonchev–Trinajstić information content (AvgIpc) is 2.63. The maximum Gasteiger partial charge on any atom is 0.107 e. The predicted octanol–water partition coefficient (Wildman–Crippen LogP) is 3.91. The molecule has 0 amide bonds. The van der Waals surface area contributed by atoms with E-state index in [1.54, 1.807) is 0 Å². The van der Waals surface area contributed by atoms with Crippen molar-refractivity contribution in [1.29, 1.82) is 0 Å². The third-order valence-corrected chi connectivity index (χ3v) is 4.49. The normalized spacial score (nSPS) is 11.9. The summed E-state index contributed by atoms with van der Waals surface area (Å²) in [5.41, 5.74) is 11.6. The van der Waals surface area contributed by atoms with Gasteiger partial charge in [-0.1, -0.05) is 32.9 Å². The molecular formula is C16H22BrN3. The quantitative estimate of drug-likeness (QED) is 0.903. The van der Waals surface area contributed by atoms with Crippen LogP contribution in [0.4, 0.5) is 0 Å². The number of aromatic nitrogens is 2. The predicted molar refractivity (Wildman–Crippen MR) is 87.7 cm³/mol. The Morgan fingerprint density at radius 2 is 1.95 bits per heavy atom. The van der Waals surface area contributed by atoms with Crippen LogP contribution in [0.3, 0.4) is 0 Å². The summed E-state index contributed by atoms with van der Waals surface area (Å²) in [4.78, 5) is 0. The third-order valence-electron chi connectivity index (χ3n) is 3.65. The highest BCUT2D eigenvalue weighted by Gasteiger charge is 2.19. The van der Waals surface area contributed by atoms with Crippen LogP contribution in [-0.2, 0) is 19.0 Å². The van der Waals surface area contributed by atoms with Crippen LogP contribution in [0.5, 0.6) is 0 Å². The Morgan fingerprint density at radius 1 is 1.30 bits per heavy atom. The lowest BCUT2D eigenvalue weighted by molar-refractivity contribution is 0.590. The molecule has 2 aromatic rings. The molecule has 0 radical (unpaired) electrons. The van der Waals surface area contributed by atoms with Gasteiger partial charge in [0.05, 0.1) is 10.2 Å². The molecule has 4 heteroatoms. The highest BCUT2D eigenvalue weighted by molar-refractivity contribution is 9.10. The summed E-state index contributed by atoms with van der Waals surface area (Å²) in [6.45, 7) is 9.26. The summed E-state index contributed by atoms with van der Waals surface area (Å²) in [5.74, 6) is 0. The first-order valence-corrected chi connectivity index (χ1v) is 7.58. The van der Waals surface area contributed by atoms with Gasteiger partial charge < -0.3 is 5.73 Å². The van der Waals surface area contributed by atoms with Gasteiger partial charge in [0.1, 0.15) is 5.69 Å². The molecule has 0 aliphatic rings. The van der Waals surface area contributed by atoms with Crippen LogP contribution in [0.25, 0.3) is 11.3 Å². The minimum Gasteiger partial charge on any atom is -0.325 e. The Kier molecular flexibility index (Phi) is 4.07. The van der Waals surface area contributed by atoms with Gasteiger partial charge in [-0.2, -0.15) is 5.10 Å². The minimum absolute atomic E-state index is 0.125. The van der Waals surface area contributed by atoms with E-state index in [0.717, 1.165) is 15.9 Å². The molecular weight excluding hydrogens is 314 g/mol. The molecule has 2 N–H and O–H groups in total. The summed E-state index contributed by atoms with van der Waals surface area (Å²) in [5, 5.41) is 4.63. The molecule has 0 unspecified atom stereocenters. The number of halogens is 1. The fraction of sp³-hybridized carbons (Fsp3) is 0.438. The lowest BCUT2D eigenvalue weighted by Gasteiger charge is -2.20. The molecule has 20 heavy (non-hydrogen) atoms. The van der Waals surface area contributed by atoms with Crippen molar-refractivity contribution in [3.05, 3.63) is 39.5 Å². The number of benzene rings is 1. The second-order valence-electron chi connectivity index (χ2n) is 6.22. The fourth-order valence-electron chi connectivity index (χ4n) is 2.27. The summed E-state index contributed by atoms with van der Waals surface area (Å²) in [6.07, 6.45) is 0. The number of nitrogens with zero attached hydrogens (tertiary/aromatic N) is 2. The van der Waals surface area contributed by atoms with Crippen LogP contribution in [-0.4, -0.2) is 9.78 Å². The van der Waals surface area contributed by atoms with E-state index in [4.69, 9.17) is 5.73 Å². The number of hydrogen-bond acceptors (Lipinski definition) is 2. The molecule has 1 heterocycles. The average molecular weight is 336 g/mol. The molecule has 3 nitrogen and oxygen atoms in total. The zero-order valence-electron chi connectivity index (χ0n) is 12.8. The summed E-state index contributed by atoms with van der Waals surface area (Å²) in [6, 6.07) is 6.60. The molecule has 0 fully saturated rings. The first-order valence-electron chi connectivity index (χ1n) is 6.78. The van der Waals surface area contributed by atoms with Crippen LogP contribution in [0, 0.1) is 6.92 Å². The lowest BCUT2D eigenvalue weighted by Crippen LogP contribution is -2.11. The highest BCUT2D eigenvalue weighted by atomic mass is 79.9. The SMILES string of the molecule is Cc1ccc(C(C)(C)C)cc1-c1nn(C)c(CN)c1Br. The number of hydrogen-bond donors (Lipinski definition) is 1. The number of aryl methyl sites for hydroxylation is 2. The molecule has 1 aromatic heterocycles. The van der Waals surface area contributed by atoms with Gasteiger partial charge in [0.2, 0.25) is 0 Å². The van der Waals surface area contributed by atoms with Gasteiger partial charge in [-0.05, 0) is 45.5 Å². The van der Waals surface area contributed by atoms with Crippen molar-refractivity contribution in [1.82, 2.24) is 9.78 Å². The number of nitrogens with two attached hydrogens (primary N) is 1. The smallest absolute Gasteiger partial charge is 0.107 e. The van der Waals surface area contributed by atoms with Crippen molar-refractivity contribution in [2.24, 2.45) is 12.8 Å². The van der Waals surface area contributed by atoms with E-state index in [1.165, 1.54) is 16.7 Å². The standard InChI is InChI=1S/C16H22BrN3/c1-10-6-7-11(16(2,3)4)8-12(10)15-14(17)13(9-18)20(5)19-15/h6-8H,9,18H2,1-5H3. The van der Waals surface area contributed by atoms with Gasteiger partial charge >= 0.3 is 0 Å². The van der Waals surface area contributed by atoms with Gasteiger partial charge in [0.15, 0.2) is 0 Å². The fourth-order valence-corrected chi connectivity index (χ4v) is 2.98. The van der Waals surface area contributed by atoms with Crippen LogP contribution in [0.2, 0.25) is 0 Å². The highest BCUT2D eigenvalue weighted by Crippen LogP contribution is 2.34. The molecule has 0 saturated heterocycles. The monoisotopic (exact) mass is 335 g/mol. The van der Waals surface area contributed by atoms with Gasteiger partial charge in [-0.15, -0.1) is 0 Å². The number of rotatable bonds is 2. The molecule has 108 valence electrons. The molecule has 0 aliphatic heterocycles. The van der Waals surface area contributed by atoms with Gasteiger partial charge in [0, 0.05) is 19.2 Å². The second kappa shape index (κ2) is 5.34. The van der Waals surface area contributed by atoms with E-state index in [9.17, 15) is 0 Å². The largest absolute Gasteiger partial charge is 0.325 e. The summed E-state index contributed by atoms with van der Waals surface area (Å²) < 4.78 is 2.85. The summed E-state index contributed by atoms with van der Waals surface area (Å²) in [7, 11) is 1.93. The van der Waals surface area contributed by atoms with E-state index in [2.05, 4.69) is 66.9 Å². The van der Waals surface area contributed by atoms with Crippen LogP contribution in [0.15, 0.2) is 22.7 Å². The Bertz CT molecular complexity index is 636. The van der Waals surface area contributed by atoms with E-state index in [1.807, 2.05) is 11.7 Å². The van der Waals surface area contributed by atoms with E-state index < -0.39 is 0 Å². The van der Waals surface area contributed by atoms with Crippen LogP contribution < -0.4 is 5.73 Å². The topological polar surface area (TPSA) is 43.8 Å². The van der Waals surface area contributed by atoms with E-state index in [-0.39, 0.29) is 5.41 Å². The zero-order chi connectivity index (χ0) is 15.1. The van der Waals surface area contributed by atoms with Crippen molar-refractivity contribution < 1.29 is 0 Å². The Balaban J connectivity index is 2.64. The molecule has 2 rings (SSSR count). The summed E-state index contributed by atoms with van der Waals surface area (Å²) >= 11 is 3.64. The van der Waals surface area contributed by atoms with Gasteiger partial charge in [-0.3, -0.25) is 4.68 Å². The van der Waals surface area contributed by atoms with Gasteiger partial charge in [0.25, 0.3) is 0 Å². The zero-order valence-corrected chi connectivity index (χ0v) is 14.4. The molecule has 0 bridgehead atoms. The lowest BCUT2D eigenvalue weighted by atomic mass is 9.85. The minimum atomic E-state index is 0.125. The maximum atomic E-state index is 5.79. The van der Waals surface area contributed by atoms with Crippen molar-refractivity contribution in [3.63, 3.8) is 0 Å². The first kappa shape index (κ1) is 15.3. The van der Waals surface area contributed by atoms with Crippen LogP contribution in [0.1, 0.15) is 37.6 Å². The van der Waals surface area contributed by atoms with E-state index in [0.29, 0.717) is 6.54 Å². The Morgan fingerprint density at radius 3 is 2.45 bits per heavy atom. The first-order chi connectivity index (χ1) is 9.25. The molecule has 0 aliphatic carbocycles. The molecule has 0 spiro atoms. The Labute approximate surface area is 129 Å². The molecule has 0 saturated carbocycles. The third kappa shape index (κ3) is 2.67. The van der Waals surface area contributed by atoms with Crippen molar-refractivity contribution >= 4 is 15.9 Å². The molecule has 1 aromatic carbocycles.